The molecule has 7 aliphatic rings. The van der Waals surface area contributed by atoms with Crippen molar-refractivity contribution >= 4 is 0 Å². The Kier molecular flexibility index (Phi) is 5.34. The predicted octanol–water partition coefficient (Wildman–Crippen LogP) is 4.94. The number of hydrogen-bond donors (Lipinski definition) is 0. The molecule has 2 aliphatic heterocycles. The molecular formula is C27H37NO5. The molecule has 2 heterocycles. The Morgan fingerprint density at radius 1 is 0.818 bits per heavy atom. The molecule has 0 N–H and O–H groups in total. The van der Waals surface area contributed by atoms with E-state index < -0.39 is 11.6 Å². The first-order valence-electron chi connectivity index (χ1n) is 13.3. The fraction of sp³-hybridized carbons (Fsp3) is 0.778. The molecule has 2 saturated heterocycles. The molecule has 2 spiro atoms. The number of morpholine rings is 1. The third-order valence-corrected chi connectivity index (χ3v) is 9.55. The third kappa shape index (κ3) is 3.78. The van der Waals surface area contributed by atoms with Gasteiger partial charge in [-0.25, -0.2) is 0 Å². The SMILES string of the molecule is c1cc([C@H]2CCCC3(C2)OOC2(OO3)C3CC4CC(C3)CC2C4)ccc1CN1CCOCC1. The van der Waals surface area contributed by atoms with Gasteiger partial charge in [0.25, 0.3) is 0 Å². The molecule has 0 amide bonds. The Balaban J connectivity index is 1.01. The maximum absolute atomic E-state index is 6.26. The van der Waals surface area contributed by atoms with Crippen molar-refractivity contribution in [1.29, 1.82) is 0 Å². The first kappa shape index (κ1) is 21.3. The molecule has 0 radical (unpaired) electrons. The Morgan fingerprint density at radius 2 is 1.48 bits per heavy atom. The van der Waals surface area contributed by atoms with Gasteiger partial charge >= 0.3 is 0 Å². The Hall–Kier alpha value is -1.02. The molecular weight excluding hydrogens is 418 g/mol. The summed E-state index contributed by atoms with van der Waals surface area (Å²) in [7, 11) is 0. The Morgan fingerprint density at radius 3 is 2.15 bits per heavy atom. The minimum atomic E-state index is -0.769. The van der Waals surface area contributed by atoms with E-state index in [0.29, 0.717) is 17.8 Å². The van der Waals surface area contributed by atoms with Crippen molar-refractivity contribution in [2.45, 2.75) is 81.8 Å². The molecule has 180 valence electrons. The van der Waals surface area contributed by atoms with E-state index in [0.717, 1.165) is 70.4 Å². The molecule has 6 heteroatoms. The molecule has 0 unspecified atom stereocenters. The molecule has 4 bridgehead atoms. The van der Waals surface area contributed by atoms with Crippen LogP contribution in [0.3, 0.4) is 0 Å². The van der Waals surface area contributed by atoms with Gasteiger partial charge in [0.1, 0.15) is 0 Å². The molecule has 1 aromatic carbocycles. The van der Waals surface area contributed by atoms with Crippen molar-refractivity contribution in [3.8, 4) is 0 Å². The lowest BCUT2D eigenvalue weighted by molar-refractivity contribution is -0.680. The monoisotopic (exact) mass is 455 g/mol. The van der Waals surface area contributed by atoms with Gasteiger partial charge in [0.05, 0.1) is 13.2 Å². The largest absolute Gasteiger partial charge is 0.379 e. The second-order valence-corrected chi connectivity index (χ2v) is 11.7. The lowest BCUT2D eigenvalue weighted by atomic mass is 9.53. The van der Waals surface area contributed by atoms with Gasteiger partial charge in [0, 0.05) is 44.3 Å². The van der Waals surface area contributed by atoms with Crippen molar-refractivity contribution in [3.05, 3.63) is 35.4 Å². The topological polar surface area (TPSA) is 49.4 Å². The average Bonchev–Trinajstić information content (AvgIpc) is 2.85. The fourth-order valence-corrected chi connectivity index (χ4v) is 7.97. The maximum atomic E-state index is 6.26. The van der Waals surface area contributed by atoms with Crippen LogP contribution in [0.25, 0.3) is 0 Å². The zero-order chi connectivity index (χ0) is 21.9. The minimum Gasteiger partial charge on any atom is -0.379 e. The smallest absolute Gasteiger partial charge is 0.239 e. The fourth-order valence-electron chi connectivity index (χ4n) is 7.97. The highest BCUT2D eigenvalue weighted by Crippen LogP contribution is 2.62. The van der Waals surface area contributed by atoms with Crippen molar-refractivity contribution in [3.63, 3.8) is 0 Å². The summed E-state index contributed by atoms with van der Waals surface area (Å²) in [6, 6.07) is 9.16. The van der Waals surface area contributed by atoms with Gasteiger partial charge in [0.15, 0.2) is 0 Å². The van der Waals surface area contributed by atoms with Crippen molar-refractivity contribution in [1.82, 2.24) is 4.90 Å². The van der Waals surface area contributed by atoms with E-state index >= 15 is 0 Å². The Bertz CT molecular complexity index is 813. The lowest BCUT2D eigenvalue weighted by Crippen LogP contribution is -2.64. The maximum Gasteiger partial charge on any atom is 0.239 e. The summed E-state index contributed by atoms with van der Waals surface area (Å²) in [5.74, 6) is 1.52. The van der Waals surface area contributed by atoms with Crippen LogP contribution in [0.4, 0.5) is 0 Å². The van der Waals surface area contributed by atoms with E-state index in [4.69, 9.17) is 24.3 Å². The van der Waals surface area contributed by atoms with Gasteiger partial charge in [-0.05, 0) is 73.8 Å². The van der Waals surface area contributed by atoms with E-state index in [-0.39, 0.29) is 0 Å². The third-order valence-electron chi connectivity index (χ3n) is 9.55. The summed E-state index contributed by atoms with van der Waals surface area (Å²) in [6.07, 6.45) is 10.0. The molecule has 1 aromatic rings. The molecule has 8 rings (SSSR count). The lowest BCUT2D eigenvalue weighted by Gasteiger charge is -2.60. The molecule has 33 heavy (non-hydrogen) atoms. The number of benzene rings is 1. The van der Waals surface area contributed by atoms with E-state index in [1.165, 1.54) is 43.2 Å². The van der Waals surface area contributed by atoms with Gasteiger partial charge in [0.2, 0.25) is 11.6 Å². The highest BCUT2D eigenvalue weighted by Gasteiger charge is 2.64. The van der Waals surface area contributed by atoms with Gasteiger partial charge in [-0.2, -0.15) is 19.6 Å². The van der Waals surface area contributed by atoms with Crippen LogP contribution in [-0.2, 0) is 30.8 Å². The van der Waals surface area contributed by atoms with E-state index in [1.807, 2.05) is 0 Å². The summed E-state index contributed by atoms with van der Waals surface area (Å²) >= 11 is 0. The zero-order valence-electron chi connectivity index (χ0n) is 19.6. The molecule has 1 atom stereocenters. The van der Waals surface area contributed by atoms with Crippen LogP contribution in [-0.4, -0.2) is 42.8 Å². The first-order valence-corrected chi connectivity index (χ1v) is 13.3. The van der Waals surface area contributed by atoms with Crippen LogP contribution >= 0.6 is 0 Å². The highest BCUT2D eigenvalue weighted by molar-refractivity contribution is 5.26. The number of nitrogens with zero attached hydrogens (tertiary/aromatic N) is 1. The van der Waals surface area contributed by atoms with Gasteiger partial charge in [-0.3, -0.25) is 4.90 Å². The second-order valence-electron chi connectivity index (χ2n) is 11.7. The summed E-state index contributed by atoms with van der Waals surface area (Å²) in [5.41, 5.74) is 2.73. The van der Waals surface area contributed by atoms with Crippen LogP contribution in [0.5, 0.6) is 0 Å². The van der Waals surface area contributed by atoms with Crippen molar-refractivity contribution < 1.29 is 24.3 Å². The molecule has 5 saturated carbocycles. The van der Waals surface area contributed by atoms with Crippen molar-refractivity contribution in [2.24, 2.45) is 23.7 Å². The predicted molar refractivity (Wildman–Crippen MR) is 121 cm³/mol. The molecule has 7 fully saturated rings. The van der Waals surface area contributed by atoms with Crippen LogP contribution in [0, 0.1) is 23.7 Å². The first-order chi connectivity index (χ1) is 16.2. The van der Waals surface area contributed by atoms with Crippen molar-refractivity contribution in [2.75, 3.05) is 26.3 Å². The zero-order valence-corrected chi connectivity index (χ0v) is 19.6. The van der Waals surface area contributed by atoms with Crippen LogP contribution in [0.2, 0.25) is 0 Å². The van der Waals surface area contributed by atoms with Gasteiger partial charge < -0.3 is 4.74 Å². The van der Waals surface area contributed by atoms with Gasteiger partial charge in [-0.15, -0.1) is 0 Å². The summed E-state index contributed by atoms with van der Waals surface area (Å²) in [4.78, 5) is 27.4. The molecule has 5 aliphatic carbocycles. The quantitative estimate of drug-likeness (QED) is 0.602. The van der Waals surface area contributed by atoms with Crippen LogP contribution in [0.15, 0.2) is 24.3 Å². The van der Waals surface area contributed by atoms with E-state index in [2.05, 4.69) is 29.2 Å². The van der Waals surface area contributed by atoms with Crippen LogP contribution < -0.4 is 0 Å². The second kappa shape index (κ2) is 8.28. The number of rotatable bonds is 3. The highest BCUT2D eigenvalue weighted by atomic mass is 17.4. The molecule has 0 aromatic heterocycles. The van der Waals surface area contributed by atoms with Crippen LogP contribution in [0.1, 0.15) is 74.8 Å². The summed E-state index contributed by atoms with van der Waals surface area (Å²) in [5, 5.41) is 0. The number of hydrogen-bond acceptors (Lipinski definition) is 6. The standard InChI is InChI=1S/C27H37NO5/c1-2-23(22-5-3-19(4-6-22)18-28-8-10-29-11-9-28)17-26(7-1)30-32-27(33-31-26)24-13-20-12-21(15-24)16-25(27)14-20/h3-6,20-21,23-25H,1-2,7-18H2/t20?,21?,23-,24?,25?,26?,27?/m0/s1. The normalized spacial score (nSPS) is 45.2. The summed E-state index contributed by atoms with van der Waals surface area (Å²) in [6.45, 7) is 4.73. The van der Waals surface area contributed by atoms with Gasteiger partial charge in [-0.1, -0.05) is 24.3 Å². The van der Waals surface area contributed by atoms with E-state index in [9.17, 15) is 0 Å². The van der Waals surface area contributed by atoms with E-state index in [1.54, 1.807) is 0 Å². The minimum absolute atomic E-state index is 0.399. The Labute approximate surface area is 196 Å². The average molecular weight is 456 g/mol. The number of ether oxygens (including phenoxy) is 1. The summed E-state index contributed by atoms with van der Waals surface area (Å²) < 4.78 is 5.47. The molecule has 6 nitrogen and oxygen atoms in total.